The summed E-state index contributed by atoms with van der Waals surface area (Å²) < 4.78 is 0. The zero-order valence-corrected chi connectivity index (χ0v) is 12.1. The number of hydrogen-bond acceptors (Lipinski definition) is 2. The van der Waals surface area contributed by atoms with Crippen molar-refractivity contribution in [1.29, 1.82) is 0 Å². The highest BCUT2D eigenvalue weighted by Crippen LogP contribution is 2.23. The molecule has 1 aromatic rings. The third-order valence-electron chi connectivity index (χ3n) is 4.25. The van der Waals surface area contributed by atoms with Gasteiger partial charge in [-0.3, -0.25) is 4.79 Å². The van der Waals surface area contributed by atoms with Crippen molar-refractivity contribution in [3.63, 3.8) is 0 Å². The molecule has 1 heterocycles. The minimum absolute atomic E-state index is 0. The molecule has 1 saturated heterocycles. The molecule has 1 amide bonds. The average Bonchev–Trinajstić information content (AvgIpc) is 3.06. The van der Waals surface area contributed by atoms with Crippen molar-refractivity contribution in [2.45, 2.75) is 31.7 Å². The summed E-state index contributed by atoms with van der Waals surface area (Å²) >= 11 is 0. The third-order valence-corrected chi connectivity index (χ3v) is 4.25. The average molecular weight is 281 g/mol. The Kier molecular flexibility index (Phi) is 4.48. The Balaban J connectivity index is 0.00000133. The van der Waals surface area contributed by atoms with Crippen LogP contribution in [0.4, 0.5) is 0 Å². The Morgan fingerprint density at radius 1 is 1.32 bits per heavy atom. The topological polar surface area (TPSA) is 32.3 Å². The van der Waals surface area contributed by atoms with E-state index in [0.29, 0.717) is 6.04 Å². The SMILES string of the molecule is CN(C(=O)c1ccc2c(c1)CCC2)C1CCNC1.Cl. The highest BCUT2D eigenvalue weighted by atomic mass is 35.5. The summed E-state index contributed by atoms with van der Waals surface area (Å²) in [5, 5.41) is 3.31. The van der Waals surface area contributed by atoms with Gasteiger partial charge in [0.15, 0.2) is 0 Å². The van der Waals surface area contributed by atoms with Crippen LogP contribution in [0.15, 0.2) is 18.2 Å². The van der Waals surface area contributed by atoms with Crippen LogP contribution in [0, 0.1) is 0 Å². The highest BCUT2D eigenvalue weighted by molar-refractivity contribution is 5.94. The molecule has 3 nitrogen and oxygen atoms in total. The van der Waals surface area contributed by atoms with Gasteiger partial charge in [0.25, 0.3) is 5.91 Å². The van der Waals surface area contributed by atoms with E-state index in [2.05, 4.69) is 17.4 Å². The number of halogens is 1. The van der Waals surface area contributed by atoms with Crippen molar-refractivity contribution in [3.8, 4) is 0 Å². The van der Waals surface area contributed by atoms with Gasteiger partial charge in [-0.1, -0.05) is 6.07 Å². The number of nitrogens with zero attached hydrogens (tertiary/aromatic N) is 1. The molecule has 19 heavy (non-hydrogen) atoms. The van der Waals surface area contributed by atoms with Crippen LogP contribution in [0.25, 0.3) is 0 Å². The van der Waals surface area contributed by atoms with E-state index < -0.39 is 0 Å². The molecule has 1 unspecified atom stereocenters. The number of hydrogen-bond donors (Lipinski definition) is 1. The fourth-order valence-electron chi connectivity index (χ4n) is 3.04. The van der Waals surface area contributed by atoms with Crippen molar-refractivity contribution >= 4 is 18.3 Å². The predicted molar refractivity (Wildman–Crippen MR) is 79.1 cm³/mol. The number of amides is 1. The summed E-state index contributed by atoms with van der Waals surface area (Å²) in [6.45, 7) is 1.94. The molecule has 0 radical (unpaired) electrons. The lowest BCUT2D eigenvalue weighted by Gasteiger charge is -2.24. The molecule has 1 atom stereocenters. The van der Waals surface area contributed by atoms with Crippen LogP contribution in [0.3, 0.4) is 0 Å². The summed E-state index contributed by atoms with van der Waals surface area (Å²) in [7, 11) is 1.92. The number of nitrogens with one attached hydrogen (secondary N) is 1. The van der Waals surface area contributed by atoms with Crippen LogP contribution in [0.2, 0.25) is 0 Å². The zero-order chi connectivity index (χ0) is 12.5. The quantitative estimate of drug-likeness (QED) is 0.899. The summed E-state index contributed by atoms with van der Waals surface area (Å²) in [5.74, 6) is 0.165. The third kappa shape index (κ3) is 2.77. The molecule has 0 saturated carbocycles. The number of aryl methyl sites for hydroxylation is 2. The van der Waals surface area contributed by atoms with Gasteiger partial charge in [-0.2, -0.15) is 0 Å². The lowest BCUT2D eigenvalue weighted by atomic mass is 10.0. The molecule has 1 N–H and O–H groups in total. The molecular weight excluding hydrogens is 260 g/mol. The van der Waals surface area contributed by atoms with E-state index in [4.69, 9.17) is 0 Å². The fraction of sp³-hybridized carbons (Fsp3) is 0.533. The molecule has 0 bridgehead atoms. The standard InChI is InChI=1S/C15H20N2O.ClH/c1-17(14-7-8-16-10-14)15(18)13-6-5-11-3-2-4-12(11)9-13;/h5-6,9,14,16H,2-4,7-8,10H2,1H3;1H. The van der Waals surface area contributed by atoms with Gasteiger partial charge in [0, 0.05) is 25.2 Å². The Morgan fingerprint density at radius 3 is 2.84 bits per heavy atom. The second-order valence-corrected chi connectivity index (χ2v) is 5.40. The van der Waals surface area contributed by atoms with Gasteiger partial charge in [-0.15, -0.1) is 12.4 Å². The minimum Gasteiger partial charge on any atom is -0.337 e. The first-order valence-electron chi connectivity index (χ1n) is 6.85. The second kappa shape index (κ2) is 5.93. The molecule has 0 spiro atoms. The summed E-state index contributed by atoms with van der Waals surface area (Å²) in [4.78, 5) is 14.3. The van der Waals surface area contributed by atoms with Crippen LogP contribution in [0.1, 0.15) is 34.3 Å². The Hall–Kier alpha value is -1.06. The molecule has 1 aromatic carbocycles. The number of benzene rings is 1. The predicted octanol–water partition coefficient (Wildman–Crippen LogP) is 2.03. The fourth-order valence-corrected chi connectivity index (χ4v) is 3.04. The van der Waals surface area contributed by atoms with E-state index in [1.165, 1.54) is 24.0 Å². The summed E-state index contributed by atoms with van der Waals surface area (Å²) in [6, 6.07) is 6.58. The second-order valence-electron chi connectivity index (χ2n) is 5.40. The Labute approximate surface area is 120 Å². The maximum atomic E-state index is 12.4. The van der Waals surface area contributed by atoms with Gasteiger partial charge in [-0.25, -0.2) is 0 Å². The molecule has 1 aliphatic carbocycles. The first-order chi connectivity index (χ1) is 8.75. The van der Waals surface area contributed by atoms with Crippen LogP contribution < -0.4 is 5.32 Å². The Morgan fingerprint density at radius 2 is 2.11 bits per heavy atom. The smallest absolute Gasteiger partial charge is 0.253 e. The van der Waals surface area contributed by atoms with Gasteiger partial charge in [-0.05, 0) is 55.5 Å². The molecule has 1 fully saturated rings. The lowest BCUT2D eigenvalue weighted by molar-refractivity contribution is 0.0743. The van der Waals surface area contributed by atoms with Crippen molar-refractivity contribution in [2.24, 2.45) is 0 Å². The normalized spacial score (nSPS) is 20.8. The van der Waals surface area contributed by atoms with Crippen molar-refractivity contribution in [2.75, 3.05) is 20.1 Å². The van der Waals surface area contributed by atoms with Gasteiger partial charge in [0.05, 0.1) is 0 Å². The monoisotopic (exact) mass is 280 g/mol. The molecule has 0 aromatic heterocycles. The van der Waals surface area contributed by atoms with E-state index in [-0.39, 0.29) is 18.3 Å². The summed E-state index contributed by atoms with van der Waals surface area (Å²) in [6.07, 6.45) is 4.60. The van der Waals surface area contributed by atoms with Crippen LogP contribution in [-0.4, -0.2) is 37.0 Å². The highest BCUT2D eigenvalue weighted by Gasteiger charge is 2.24. The first kappa shape index (κ1) is 14.4. The Bertz CT molecular complexity index is 469. The van der Waals surface area contributed by atoms with Crippen LogP contribution in [-0.2, 0) is 12.8 Å². The van der Waals surface area contributed by atoms with Crippen molar-refractivity contribution < 1.29 is 4.79 Å². The van der Waals surface area contributed by atoms with E-state index in [9.17, 15) is 4.79 Å². The van der Waals surface area contributed by atoms with E-state index in [1.54, 1.807) is 0 Å². The molecule has 4 heteroatoms. The number of carbonyl (C=O) groups is 1. The molecule has 3 rings (SSSR count). The molecule has 2 aliphatic rings. The maximum absolute atomic E-state index is 12.4. The number of likely N-dealkylation sites (N-methyl/N-ethyl adjacent to an activating group) is 1. The molecule has 104 valence electrons. The van der Waals surface area contributed by atoms with Crippen LogP contribution >= 0.6 is 12.4 Å². The summed E-state index contributed by atoms with van der Waals surface area (Å²) in [5.41, 5.74) is 3.65. The van der Waals surface area contributed by atoms with E-state index in [1.807, 2.05) is 18.0 Å². The zero-order valence-electron chi connectivity index (χ0n) is 11.3. The van der Waals surface area contributed by atoms with Gasteiger partial charge >= 0.3 is 0 Å². The van der Waals surface area contributed by atoms with Gasteiger partial charge in [0.1, 0.15) is 0 Å². The molecular formula is C15H21ClN2O. The number of carbonyl (C=O) groups excluding carboxylic acids is 1. The molecule has 1 aliphatic heterocycles. The van der Waals surface area contributed by atoms with Crippen molar-refractivity contribution in [3.05, 3.63) is 34.9 Å². The van der Waals surface area contributed by atoms with Gasteiger partial charge < -0.3 is 10.2 Å². The van der Waals surface area contributed by atoms with E-state index >= 15 is 0 Å². The minimum atomic E-state index is 0. The number of fused-ring (bicyclic) bond motifs is 1. The largest absolute Gasteiger partial charge is 0.337 e. The maximum Gasteiger partial charge on any atom is 0.253 e. The number of rotatable bonds is 2. The van der Waals surface area contributed by atoms with Crippen molar-refractivity contribution in [1.82, 2.24) is 10.2 Å². The lowest BCUT2D eigenvalue weighted by Crippen LogP contribution is -2.38. The first-order valence-corrected chi connectivity index (χ1v) is 6.85. The van der Waals surface area contributed by atoms with Crippen LogP contribution in [0.5, 0.6) is 0 Å². The van der Waals surface area contributed by atoms with E-state index in [0.717, 1.165) is 31.5 Å². The van der Waals surface area contributed by atoms with Gasteiger partial charge in [0.2, 0.25) is 0 Å².